The number of likely N-dealkylation sites (tertiary alicyclic amines) is 1. The van der Waals surface area contributed by atoms with Gasteiger partial charge in [0, 0.05) is 31.6 Å². The van der Waals surface area contributed by atoms with Crippen LogP contribution in [0.1, 0.15) is 33.3 Å². The molecule has 1 spiro atoms. The van der Waals surface area contributed by atoms with Crippen molar-refractivity contribution >= 4 is 18.3 Å². The summed E-state index contributed by atoms with van der Waals surface area (Å²) in [5, 5.41) is 9.51. The molecule has 29 heavy (non-hydrogen) atoms. The summed E-state index contributed by atoms with van der Waals surface area (Å²) in [5.41, 5.74) is 1.16. The van der Waals surface area contributed by atoms with Crippen molar-refractivity contribution in [1.29, 1.82) is 5.26 Å². The van der Waals surface area contributed by atoms with Gasteiger partial charge in [-0.25, -0.2) is 0 Å². The van der Waals surface area contributed by atoms with Crippen LogP contribution in [0.5, 0.6) is 0 Å². The average Bonchev–Trinajstić information content (AvgIpc) is 2.75. The zero-order valence-corrected chi connectivity index (χ0v) is 17.1. The first-order chi connectivity index (χ1) is 13.3. The highest BCUT2D eigenvalue weighted by molar-refractivity contribution is 6.62. The summed E-state index contributed by atoms with van der Waals surface area (Å²) in [6.45, 7) is 9.30. The van der Waals surface area contributed by atoms with Gasteiger partial charge >= 0.3 is 13.3 Å². The molecule has 4 rings (SSSR count). The molecular formula is C20H25BF3N3O2. The third-order valence-corrected chi connectivity index (χ3v) is 6.58. The Balaban J connectivity index is 1.46. The van der Waals surface area contributed by atoms with Crippen LogP contribution >= 0.6 is 0 Å². The molecule has 9 heteroatoms. The SMILES string of the molecule is CC1(C)OB(c2ccc(C#N)c(N3CC4(CN(CC(F)(F)F)C4)C3)c2)OC1(C)C. The van der Waals surface area contributed by atoms with E-state index in [1.807, 2.05) is 39.8 Å². The van der Waals surface area contributed by atoms with E-state index in [1.165, 1.54) is 4.90 Å². The predicted octanol–water partition coefficient (Wildman–Crippen LogP) is 2.54. The molecule has 3 aliphatic rings. The van der Waals surface area contributed by atoms with Crippen LogP contribution in [0.3, 0.4) is 0 Å². The van der Waals surface area contributed by atoms with Crippen molar-refractivity contribution in [2.75, 3.05) is 37.6 Å². The molecule has 0 amide bonds. The molecule has 0 aromatic heterocycles. The van der Waals surface area contributed by atoms with Gasteiger partial charge in [-0.2, -0.15) is 18.4 Å². The standard InChI is InChI=1S/C20H25BF3N3O2/c1-17(2)18(3,4)29-21(28-17)15-6-5-14(8-25)16(7-15)27-11-19(12-27)9-26(10-19)13-20(22,23)24/h5-7H,9-13H2,1-4H3. The molecule has 0 bridgehead atoms. The van der Waals surface area contributed by atoms with Crippen LogP contribution in [0, 0.1) is 16.7 Å². The van der Waals surface area contributed by atoms with Gasteiger partial charge in [0.25, 0.3) is 0 Å². The molecular weight excluding hydrogens is 382 g/mol. The lowest BCUT2D eigenvalue weighted by atomic mass is 9.72. The largest absolute Gasteiger partial charge is 0.494 e. The zero-order valence-electron chi connectivity index (χ0n) is 17.1. The number of benzene rings is 1. The fraction of sp³-hybridized carbons (Fsp3) is 0.650. The van der Waals surface area contributed by atoms with Crippen LogP contribution in [0.2, 0.25) is 0 Å². The number of nitriles is 1. The number of halogens is 3. The van der Waals surface area contributed by atoms with Crippen LogP contribution in [0.4, 0.5) is 18.9 Å². The van der Waals surface area contributed by atoms with Crippen molar-refractivity contribution in [2.24, 2.45) is 5.41 Å². The molecule has 156 valence electrons. The lowest BCUT2D eigenvalue weighted by Gasteiger charge is -2.61. The first-order valence-electron chi connectivity index (χ1n) is 9.77. The van der Waals surface area contributed by atoms with E-state index < -0.39 is 31.0 Å². The maximum atomic E-state index is 12.5. The fourth-order valence-electron chi connectivity index (χ4n) is 4.43. The normalized spacial score (nSPS) is 24.9. The van der Waals surface area contributed by atoms with Gasteiger partial charge < -0.3 is 14.2 Å². The second kappa shape index (κ2) is 6.37. The maximum absolute atomic E-state index is 12.5. The van der Waals surface area contributed by atoms with Crippen molar-refractivity contribution < 1.29 is 22.5 Å². The van der Waals surface area contributed by atoms with E-state index in [1.54, 1.807) is 6.07 Å². The van der Waals surface area contributed by atoms with Gasteiger partial charge in [-0.05, 0) is 45.3 Å². The molecule has 0 atom stereocenters. The maximum Gasteiger partial charge on any atom is 0.494 e. The number of alkyl halides is 3. The van der Waals surface area contributed by atoms with Gasteiger partial charge in [0.1, 0.15) is 6.07 Å². The van der Waals surface area contributed by atoms with Gasteiger partial charge in [0.2, 0.25) is 0 Å². The lowest BCUT2D eigenvalue weighted by molar-refractivity contribution is -0.172. The molecule has 5 nitrogen and oxygen atoms in total. The van der Waals surface area contributed by atoms with E-state index in [0.717, 1.165) is 11.2 Å². The Bertz CT molecular complexity index is 836. The molecule has 0 radical (unpaired) electrons. The molecule has 1 aromatic rings. The second-order valence-electron chi connectivity index (χ2n) is 9.59. The van der Waals surface area contributed by atoms with Crippen molar-refractivity contribution in [3.63, 3.8) is 0 Å². The van der Waals surface area contributed by atoms with E-state index in [4.69, 9.17) is 9.31 Å². The Labute approximate surface area is 169 Å². The first kappa shape index (κ1) is 20.5. The van der Waals surface area contributed by atoms with Crippen molar-refractivity contribution in [1.82, 2.24) is 4.90 Å². The van der Waals surface area contributed by atoms with Crippen LogP contribution in [0.25, 0.3) is 0 Å². The van der Waals surface area contributed by atoms with Crippen molar-refractivity contribution in [3.8, 4) is 6.07 Å². The van der Waals surface area contributed by atoms with Gasteiger partial charge in [-0.1, -0.05) is 6.07 Å². The second-order valence-corrected chi connectivity index (χ2v) is 9.59. The minimum absolute atomic E-state index is 0.0989. The van der Waals surface area contributed by atoms with Crippen LogP contribution in [-0.2, 0) is 9.31 Å². The third-order valence-electron chi connectivity index (χ3n) is 6.58. The van der Waals surface area contributed by atoms with E-state index in [-0.39, 0.29) is 5.41 Å². The number of rotatable bonds is 3. The zero-order chi connectivity index (χ0) is 21.2. The number of hydrogen-bond acceptors (Lipinski definition) is 5. The molecule has 0 aliphatic carbocycles. The van der Waals surface area contributed by atoms with Gasteiger partial charge in [0.15, 0.2) is 0 Å². The Morgan fingerprint density at radius 3 is 2.17 bits per heavy atom. The molecule has 0 N–H and O–H groups in total. The van der Waals surface area contributed by atoms with E-state index in [9.17, 15) is 18.4 Å². The predicted molar refractivity (Wildman–Crippen MR) is 104 cm³/mol. The smallest absolute Gasteiger partial charge is 0.399 e. The Hall–Kier alpha value is -1.76. The van der Waals surface area contributed by atoms with Gasteiger partial charge in [0.05, 0.1) is 29.0 Å². The monoisotopic (exact) mass is 407 g/mol. The summed E-state index contributed by atoms with van der Waals surface area (Å²) in [6, 6.07) is 7.73. The minimum atomic E-state index is -4.16. The van der Waals surface area contributed by atoms with Crippen molar-refractivity contribution in [3.05, 3.63) is 23.8 Å². The van der Waals surface area contributed by atoms with Crippen molar-refractivity contribution in [2.45, 2.75) is 45.1 Å². The summed E-state index contributed by atoms with van der Waals surface area (Å²) in [5.74, 6) is 0. The highest BCUT2D eigenvalue weighted by Crippen LogP contribution is 2.43. The number of nitrogens with zero attached hydrogens (tertiary/aromatic N) is 3. The van der Waals surface area contributed by atoms with E-state index in [0.29, 0.717) is 31.7 Å². The van der Waals surface area contributed by atoms with Gasteiger partial charge in [-0.3, -0.25) is 4.90 Å². The van der Waals surface area contributed by atoms with E-state index in [2.05, 4.69) is 11.0 Å². The Morgan fingerprint density at radius 2 is 1.66 bits per heavy atom. The minimum Gasteiger partial charge on any atom is -0.399 e. The molecule has 3 aliphatic heterocycles. The first-order valence-corrected chi connectivity index (χ1v) is 9.77. The summed E-state index contributed by atoms with van der Waals surface area (Å²) in [4.78, 5) is 3.50. The molecule has 0 saturated carbocycles. The van der Waals surface area contributed by atoms with Crippen LogP contribution in [0.15, 0.2) is 18.2 Å². The quantitative estimate of drug-likeness (QED) is 0.721. The molecule has 0 unspecified atom stereocenters. The Morgan fingerprint density at radius 1 is 1.07 bits per heavy atom. The molecule has 3 fully saturated rings. The van der Waals surface area contributed by atoms with Gasteiger partial charge in [-0.15, -0.1) is 0 Å². The van der Waals surface area contributed by atoms with E-state index >= 15 is 0 Å². The highest BCUT2D eigenvalue weighted by atomic mass is 19.4. The molecule has 3 heterocycles. The Kier molecular flexibility index (Phi) is 4.51. The van der Waals surface area contributed by atoms with Crippen LogP contribution < -0.4 is 10.4 Å². The number of anilines is 1. The molecule has 1 aromatic carbocycles. The lowest BCUT2D eigenvalue weighted by Crippen LogP contribution is -2.73. The topological polar surface area (TPSA) is 48.7 Å². The summed E-state index contributed by atoms with van der Waals surface area (Å²) in [6.07, 6.45) is -4.16. The summed E-state index contributed by atoms with van der Waals surface area (Å²) in [7, 11) is -0.521. The summed E-state index contributed by atoms with van der Waals surface area (Å²) < 4.78 is 49.8. The van der Waals surface area contributed by atoms with Crippen LogP contribution in [-0.4, -0.2) is 62.1 Å². The fourth-order valence-corrected chi connectivity index (χ4v) is 4.43. The highest BCUT2D eigenvalue weighted by Gasteiger charge is 2.54. The third kappa shape index (κ3) is 3.62. The molecule has 3 saturated heterocycles. The number of hydrogen-bond donors (Lipinski definition) is 0. The average molecular weight is 407 g/mol. The summed E-state index contributed by atoms with van der Waals surface area (Å²) >= 11 is 0.